The second-order valence-electron chi connectivity index (χ2n) is 17.5. The zero-order valence-electron chi connectivity index (χ0n) is 40.7. The summed E-state index contributed by atoms with van der Waals surface area (Å²) in [5.41, 5.74) is -0.0130. The number of rotatable bonds is 39. The molecule has 1 atom stereocenters. The lowest BCUT2D eigenvalue weighted by molar-refractivity contribution is -0.109. The van der Waals surface area contributed by atoms with Crippen LogP contribution in [0, 0.1) is 11.8 Å². The largest absolute Gasteiger partial charge is 0.379 e. The van der Waals surface area contributed by atoms with Crippen molar-refractivity contribution in [2.75, 3.05) is 7.11 Å². The molecule has 0 aliphatic heterocycles. The van der Waals surface area contributed by atoms with Crippen molar-refractivity contribution in [1.82, 2.24) is 0 Å². The molecule has 0 rings (SSSR count). The highest BCUT2D eigenvalue weighted by Crippen LogP contribution is 2.20. The molecule has 58 heavy (non-hydrogen) atoms. The van der Waals surface area contributed by atoms with Crippen LogP contribution in [0.3, 0.4) is 0 Å². The fraction of sp³-hybridized carbons (Fsp3) is 0.904. The van der Waals surface area contributed by atoms with E-state index >= 15 is 0 Å². The number of methoxy groups -OCH3 is 1. The molecule has 0 saturated heterocycles. The Morgan fingerprint density at radius 2 is 0.672 bits per heavy atom. The summed E-state index contributed by atoms with van der Waals surface area (Å²) >= 11 is 0. The van der Waals surface area contributed by atoms with Gasteiger partial charge in [-0.05, 0) is 51.4 Å². The van der Waals surface area contributed by atoms with Crippen LogP contribution in [0.5, 0.6) is 0 Å². The van der Waals surface area contributed by atoms with Crippen molar-refractivity contribution in [2.24, 2.45) is 11.8 Å². The second-order valence-corrected chi connectivity index (χ2v) is 17.5. The van der Waals surface area contributed by atoms with Crippen LogP contribution in [0.15, 0.2) is 0 Å². The molecule has 1 unspecified atom stereocenters. The average Bonchev–Trinajstić information content (AvgIpc) is 3.20. The van der Waals surface area contributed by atoms with E-state index in [2.05, 4.69) is 41.5 Å². The molecule has 6 heteroatoms. The summed E-state index contributed by atoms with van der Waals surface area (Å²) in [6.45, 7) is 17.1. The highest BCUT2D eigenvalue weighted by molar-refractivity contribution is 5.50. The number of unbranched alkanes of at least 4 members (excludes halogenated alkanes) is 27. The fourth-order valence-electron chi connectivity index (χ4n) is 6.07. The van der Waals surface area contributed by atoms with Crippen LogP contribution in [0.1, 0.15) is 280 Å². The SMILES string of the molecule is CC(C)CC=O.CCCCCCCCCCC=O.CCCCCCCCCCCC=O.CCCCCCCCCCCCC=O.COC(C)(C)CCCC(C)CC=O. The van der Waals surface area contributed by atoms with E-state index < -0.39 is 0 Å². The third-order valence-electron chi connectivity index (χ3n) is 10.4. The first-order chi connectivity index (χ1) is 28.0. The lowest BCUT2D eigenvalue weighted by Gasteiger charge is -2.23. The standard InChI is InChI=1S/C13H26O.C12H24O.C11H22O2.C11H22O.C5H10O/c1-2-3-4-5-6-7-8-9-10-11-12-13-14;1-2-3-4-5-6-7-8-9-10-11-12-13;1-10(7-9-12)6-5-8-11(2,3)13-4;1-2-3-4-5-6-7-8-9-10-11-12;1-5(2)3-4-6/h13H,2-12H2,1H3;12H,2-11H2,1H3;9-10H,5-8H2,1-4H3;11H,2-10H2,1H3;4-5H,3H2,1-2H3. The van der Waals surface area contributed by atoms with Crippen molar-refractivity contribution in [3.8, 4) is 0 Å². The topological polar surface area (TPSA) is 94.6 Å². The Labute approximate surface area is 363 Å². The van der Waals surface area contributed by atoms with Crippen molar-refractivity contribution < 1.29 is 28.7 Å². The number of hydrogen-bond acceptors (Lipinski definition) is 6. The van der Waals surface area contributed by atoms with E-state index in [1.54, 1.807) is 7.11 Å². The lowest BCUT2D eigenvalue weighted by atomic mass is 9.95. The smallest absolute Gasteiger partial charge is 0.120 e. The summed E-state index contributed by atoms with van der Waals surface area (Å²) < 4.78 is 5.31. The number of aldehydes is 5. The van der Waals surface area contributed by atoms with E-state index in [1.807, 2.05) is 13.8 Å². The van der Waals surface area contributed by atoms with Crippen molar-refractivity contribution in [3.05, 3.63) is 0 Å². The van der Waals surface area contributed by atoms with Gasteiger partial charge in [-0.15, -0.1) is 0 Å². The summed E-state index contributed by atoms with van der Waals surface area (Å²) in [6, 6.07) is 0. The van der Waals surface area contributed by atoms with Gasteiger partial charge in [-0.2, -0.15) is 0 Å². The molecule has 0 aromatic carbocycles. The predicted molar refractivity (Wildman–Crippen MR) is 254 cm³/mol. The van der Waals surface area contributed by atoms with E-state index in [0.717, 1.165) is 89.2 Å². The Bertz CT molecular complexity index is 765. The number of hydrogen-bond donors (Lipinski definition) is 0. The zero-order valence-corrected chi connectivity index (χ0v) is 40.7. The van der Waals surface area contributed by atoms with Gasteiger partial charge < -0.3 is 28.7 Å². The summed E-state index contributed by atoms with van der Waals surface area (Å²) in [6.07, 6.45) is 47.9. The molecular weight excluding hydrogens is 721 g/mol. The van der Waals surface area contributed by atoms with Gasteiger partial charge in [0, 0.05) is 39.2 Å². The third kappa shape index (κ3) is 78.6. The van der Waals surface area contributed by atoms with Gasteiger partial charge in [0.15, 0.2) is 0 Å². The molecule has 348 valence electrons. The molecular formula is C52H104O6. The third-order valence-corrected chi connectivity index (χ3v) is 10.4. The number of carbonyl (C=O) groups excluding carboxylic acids is 5. The van der Waals surface area contributed by atoms with Gasteiger partial charge in [0.2, 0.25) is 0 Å². The van der Waals surface area contributed by atoms with E-state index in [9.17, 15) is 24.0 Å². The Kier molecular flexibility index (Phi) is 69.9. The fourth-order valence-corrected chi connectivity index (χ4v) is 6.07. The molecule has 0 bridgehead atoms. The van der Waals surface area contributed by atoms with E-state index in [0.29, 0.717) is 24.7 Å². The summed E-state index contributed by atoms with van der Waals surface area (Å²) in [4.78, 5) is 49.9. The molecule has 0 aliphatic rings. The molecule has 0 fully saturated rings. The first-order valence-corrected chi connectivity index (χ1v) is 24.8. The maximum absolute atomic E-state index is 10.2. The van der Waals surface area contributed by atoms with Gasteiger partial charge >= 0.3 is 0 Å². The van der Waals surface area contributed by atoms with E-state index in [4.69, 9.17) is 4.74 Å². The van der Waals surface area contributed by atoms with Crippen molar-refractivity contribution in [3.63, 3.8) is 0 Å². The number of carbonyl (C=O) groups is 5. The summed E-state index contributed by atoms with van der Waals surface area (Å²) in [7, 11) is 1.74. The molecule has 0 spiro atoms. The van der Waals surface area contributed by atoms with Crippen LogP contribution in [0.4, 0.5) is 0 Å². The minimum absolute atomic E-state index is 0.0130. The summed E-state index contributed by atoms with van der Waals surface area (Å²) in [5.74, 6) is 1.05. The minimum Gasteiger partial charge on any atom is -0.379 e. The molecule has 0 heterocycles. The Hall–Kier alpha value is -1.69. The first kappa shape index (κ1) is 65.4. The Morgan fingerprint density at radius 3 is 0.879 bits per heavy atom. The molecule has 0 aliphatic carbocycles. The number of ether oxygens (including phenoxy) is 1. The molecule has 6 nitrogen and oxygen atoms in total. The maximum Gasteiger partial charge on any atom is 0.120 e. The lowest BCUT2D eigenvalue weighted by Crippen LogP contribution is -2.22. The predicted octanol–water partition coefficient (Wildman–Crippen LogP) is 16.4. The van der Waals surface area contributed by atoms with Crippen LogP contribution in [-0.2, 0) is 28.7 Å². The van der Waals surface area contributed by atoms with Crippen LogP contribution < -0.4 is 0 Å². The zero-order chi connectivity index (χ0) is 44.6. The average molecular weight is 825 g/mol. The van der Waals surface area contributed by atoms with Crippen LogP contribution in [0.2, 0.25) is 0 Å². The molecule has 0 saturated carbocycles. The molecule has 0 N–H and O–H groups in total. The van der Waals surface area contributed by atoms with Gasteiger partial charge in [-0.25, -0.2) is 0 Å². The Morgan fingerprint density at radius 1 is 0.397 bits per heavy atom. The van der Waals surface area contributed by atoms with Crippen LogP contribution in [0.25, 0.3) is 0 Å². The summed E-state index contributed by atoms with van der Waals surface area (Å²) in [5, 5.41) is 0. The van der Waals surface area contributed by atoms with E-state index in [1.165, 1.54) is 154 Å². The Balaban J connectivity index is -0.000000206. The maximum atomic E-state index is 10.2. The second kappa shape index (κ2) is 62.0. The van der Waals surface area contributed by atoms with Crippen molar-refractivity contribution in [2.45, 2.75) is 286 Å². The van der Waals surface area contributed by atoms with E-state index in [-0.39, 0.29) is 5.60 Å². The quantitative estimate of drug-likeness (QED) is 0.0452. The van der Waals surface area contributed by atoms with Gasteiger partial charge in [0.05, 0.1) is 5.60 Å². The molecule has 0 aromatic heterocycles. The first-order valence-electron chi connectivity index (χ1n) is 24.8. The molecule has 0 aromatic rings. The monoisotopic (exact) mass is 825 g/mol. The van der Waals surface area contributed by atoms with Gasteiger partial charge in [0.25, 0.3) is 0 Å². The molecule has 0 amide bonds. The van der Waals surface area contributed by atoms with Crippen molar-refractivity contribution in [1.29, 1.82) is 0 Å². The van der Waals surface area contributed by atoms with Crippen LogP contribution in [-0.4, -0.2) is 44.1 Å². The van der Waals surface area contributed by atoms with Gasteiger partial charge in [-0.1, -0.05) is 208 Å². The minimum atomic E-state index is -0.0130. The highest BCUT2D eigenvalue weighted by Gasteiger charge is 2.15. The van der Waals surface area contributed by atoms with Crippen LogP contribution >= 0.6 is 0 Å². The van der Waals surface area contributed by atoms with Crippen molar-refractivity contribution >= 4 is 31.4 Å². The van der Waals surface area contributed by atoms with Gasteiger partial charge in [-0.3, -0.25) is 0 Å². The highest BCUT2D eigenvalue weighted by atomic mass is 16.5. The normalized spacial score (nSPS) is 11.0. The molecule has 0 radical (unpaired) electrons. The van der Waals surface area contributed by atoms with Gasteiger partial charge in [0.1, 0.15) is 31.4 Å².